The largest absolute Gasteiger partial charge is 0.355 e. The van der Waals surface area contributed by atoms with Crippen molar-refractivity contribution in [3.05, 3.63) is 86.2 Å². The molecule has 0 bridgehead atoms. The molecule has 1 heterocycles. The molecule has 2 aromatic carbocycles. The van der Waals surface area contributed by atoms with E-state index in [1.807, 2.05) is 19.1 Å². The summed E-state index contributed by atoms with van der Waals surface area (Å²) in [5.74, 6) is -0.961. The van der Waals surface area contributed by atoms with Gasteiger partial charge in [0.05, 0.1) is 9.85 Å². The van der Waals surface area contributed by atoms with E-state index < -0.39 is 21.4 Å². The molecule has 0 aliphatic rings. The van der Waals surface area contributed by atoms with Crippen molar-refractivity contribution in [2.24, 2.45) is 0 Å². The molecule has 0 atom stereocenters. The average molecular weight is 409 g/mol. The molecule has 0 saturated carbocycles. The van der Waals surface area contributed by atoms with Gasteiger partial charge in [-0.2, -0.15) is 0 Å². The molecule has 12 heteroatoms. The van der Waals surface area contributed by atoms with Gasteiger partial charge in [0, 0.05) is 23.4 Å². The third-order valence-electron chi connectivity index (χ3n) is 3.95. The molecular weight excluding hydrogens is 394 g/mol. The van der Waals surface area contributed by atoms with Crippen LogP contribution in [0, 0.1) is 27.2 Å². The third kappa shape index (κ3) is 4.62. The lowest BCUT2D eigenvalue weighted by Gasteiger charge is -2.11. The van der Waals surface area contributed by atoms with Gasteiger partial charge in [0.2, 0.25) is 11.6 Å². The van der Waals surface area contributed by atoms with Crippen molar-refractivity contribution in [3.8, 4) is 0 Å². The maximum atomic E-state index is 12.2. The van der Waals surface area contributed by atoms with Crippen molar-refractivity contribution < 1.29 is 14.6 Å². The van der Waals surface area contributed by atoms with E-state index in [2.05, 4.69) is 26.1 Å². The Morgan fingerprint density at radius 1 is 0.900 bits per heavy atom. The van der Waals surface area contributed by atoms with Crippen molar-refractivity contribution in [2.45, 2.75) is 6.92 Å². The smallest absolute Gasteiger partial charge is 0.334 e. The highest BCUT2D eigenvalue weighted by Gasteiger charge is 2.24. The summed E-state index contributed by atoms with van der Waals surface area (Å²) < 4.78 is 0. The first-order chi connectivity index (χ1) is 14.3. The van der Waals surface area contributed by atoms with Gasteiger partial charge in [-0.25, -0.2) is 9.97 Å². The maximum Gasteiger partial charge on any atom is 0.355 e. The fourth-order valence-corrected chi connectivity index (χ4v) is 2.43. The topological polar surface area (TPSA) is 165 Å². The zero-order chi connectivity index (χ0) is 21.7. The second-order valence-corrected chi connectivity index (χ2v) is 6.05. The summed E-state index contributed by atoms with van der Waals surface area (Å²) in [6, 6.07) is 12.0. The Bertz CT molecular complexity index is 1100. The first kappa shape index (κ1) is 20.1. The first-order valence-electron chi connectivity index (χ1n) is 8.49. The molecule has 12 nitrogen and oxygen atoms in total. The van der Waals surface area contributed by atoms with E-state index in [1.165, 1.54) is 24.3 Å². The molecule has 0 fully saturated rings. The van der Waals surface area contributed by atoms with Crippen LogP contribution in [0.4, 0.5) is 28.7 Å². The first-order valence-corrected chi connectivity index (χ1v) is 8.49. The molecule has 3 N–H and O–H groups in total. The summed E-state index contributed by atoms with van der Waals surface area (Å²) in [6.45, 7) is 1.91. The number of carbonyl (C=O) groups is 1. The number of benzene rings is 2. The number of hydrazine groups is 1. The quantitative estimate of drug-likeness (QED) is 0.392. The average Bonchev–Trinajstić information content (AvgIpc) is 2.73. The van der Waals surface area contributed by atoms with E-state index in [9.17, 15) is 25.0 Å². The fourth-order valence-electron chi connectivity index (χ4n) is 2.43. The van der Waals surface area contributed by atoms with Crippen molar-refractivity contribution in [2.75, 3.05) is 10.7 Å². The molecule has 0 aliphatic carbocycles. The Labute approximate surface area is 169 Å². The number of aryl methyl sites for hydroxylation is 1. The number of hydrogen-bond donors (Lipinski definition) is 3. The molecule has 152 valence electrons. The Morgan fingerprint density at radius 3 is 2.13 bits per heavy atom. The van der Waals surface area contributed by atoms with E-state index >= 15 is 0 Å². The number of nitrogens with one attached hydrogen (secondary N) is 3. The molecule has 0 saturated heterocycles. The minimum absolute atomic E-state index is 0.0639. The van der Waals surface area contributed by atoms with Crippen LogP contribution in [0.2, 0.25) is 0 Å². The zero-order valence-electron chi connectivity index (χ0n) is 15.5. The van der Waals surface area contributed by atoms with Crippen LogP contribution < -0.4 is 16.2 Å². The molecule has 0 radical (unpaired) electrons. The Kier molecular flexibility index (Phi) is 5.77. The van der Waals surface area contributed by atoms with Crippen molar-refractivity contribution in [1.82, 2.24) is 15.4 Å². The number of non-ortho nitro benzene ring substituents is 1. The van der Waals surface area contributed by atoms with Crippen LogP contribution in [-0.2, 0) is 0 Å². The van der Waals surface area contributed by atoms with Gasteiger partial charge in [-0.1, -0.05) is 17.7 Å². The fraction of sp³-hybridized carbons (Fsp3) is 0.0556. The van der Waals surface area contributed by atoms with Gasteiger partial charge in [-0.15, -0.1) is 0 Å². The SMILES string of the molecule is Cc1ccc(Nc2ncnc(NNC(=O)c3ccc([N+](=O)[O-])cc3)c2[N+](=O)[O-])cc1. The second-order valence-electron chi connectivity index (χ2n) is 6.05. The predicted octanol–water partition coefficient (Wildman–Crippen LogP) is 3.10. The Morgan fingerprint density at radius 2 is 1.53 bits per heavy atom. The van der Waals surface area contributed by atoms with E-state index in [4.69, 9.17) is 0 Å². The zero-order valence-corrected chi connectivity index (χ0v) is 15.5. The van der Waals surface area contributed by atoms with Gasteiger partial charge in [-0.3, -0.25) is 35.9 Å². The van der Waals surface area contributed by atoms with Crippen LogP contribution in [0.5, 0.6) is 0 Å². The highest BCUT2D eigenvalue weighted by molar-refractivity contribution is 5.95. The highest BCUT2D eigenvalue weighted by Crippen LogP contribution is 2.30. The summed E-state index contributed by atoms with van der Waals surface area (Å²) in [5, 5.41) is 25.1. The highest BCUT2D eigenvalue weighted by atomic mass is 16.6. The molecule has 3 aromatic rings. The van der Waals surface area contributed by atoms with Crippen molar-refractivity contribution in [1.29, 1.82) is 0 Å². The van der Waals surface area contributed by atoms with Gasteiger partial charge >= 0.3 is 5.69 Å². The normalized spacial score (nSPS) is 10.2. The van der Waals surface area contributed by atoms with E-state index in [-0.39, 0.29) is 22.9 Å². The van der Waals surface area contributed by atoms with Gasteiger partial charge in [0.15, 0.2) is 0 Å². The number of amides is 1. The molecule has 0 aliphatic heterocycles. The molecule has 1 amide bonds. The minimum atomic E-state index is -0.684. The molecule has 1 aromatic heterocycles. The number of nitrogens with zero attached hydrogens (tertiary/aromatic N) is 4. The monoisotopic (exact) mass is 409 g/mol. The molecule has 0 spiro atoms. The maximum absolute atomic E-state index is 12.2. The number of hydrogen-bond acceptors (Lipinski definition) is 9. The summed E-state index contributed by atoms with van der Waals surface area (Å²) in [4.78, 5) is 40.9. The lowest BCUT2D eigenvalue weighted by Crippen LogP contribution is -2.30. The Hall–Kier alpha value is -4.61. The number of nitro groups is 2. The minimum Gasteiger partial charge on any atom is -0.334 e. The number of anilines is 3. The van der Waals surface area contributed by atoms with E-state index in [0.29, 0.717) is 5.69 Å². The molecule has 0 unspecified atom stereocenters. The lowest BCUT2D eigenvalue weighted by molar-refractivity contribution is -0.384. The number of aromatic nitrogens is 2. The van der Waals surface area contributed by atoms with Crippen LogP contribution in [0.25, 0.3) is 0 Å². The lowest BCUT2D eigenvalue weighted by atomic mass is 10.2. The predicted molar refractivity (Wildman–Crippen MR) is 107 cm³/mol. The number of carbonyl (C=O) groups excluding carboxylic acids is 1. The van der Waals surface area contributed by atoms with Crippen LogP contribution in [0.1, 0.15) is 15.9 Å². The number of rotatable bonds is 7. The molecule has 3 rings (SSSR count). The third-order valence-corrected chi connectivity index (χ3v) is 3.95. The standard InChI is InChI=1S/C18H15N7O5/c1-11-2-6-13(7-3-11)21-16-15(25(29)30)17(20-10-19-16)22-23-18(26)12-4-8-14(9-5-12)24(27)28/h2-10H,1H3,(H,23,26)(H2,19,20,21,22). The van der Waals surface area contributed by atoms with Gasteiger partial charge in [0.1, 0.15) is 6.33 Å². The summed E-state index contributed by atoms with van der Waals surface area (Å²) >= 11 is 0. The van der Waals surface area contributed by atoms with Crippen molar-refractivity contribution in [3.63, 3.8) is 0 Å². The second kappa shape index (κ2) is 8.60. The Balaban J connectivity index is 1.78. The van der Waals surface area contributed by atoms with Gasteiger partial charge < -0.3 is 5.32 Å². The van der Waals surface area contributed by atoms with Crippen LogP contribution in [0.3, 0.4) is 0 Å². The molecule has 30 heavy (non-hydrogen) atoms. The summed E-state index contributed by atoms with van der Waals surface area (Å²) in [5.41, 5.74) is 5.76. The molecular formula is C18H15N7O5. The van der Waals surface area contributed by atoms with Crippen LogP contribution in [-0.4, -0.2) is 25.7 Å². The van der Waals surface area contributed by atoms with Gasteiger partial charge in [-0.05, 0) is 31.2 Å². The summed E-state index contributed by atoms with van der Waals surface area (Å²) in [6.07, 6.45) is 1.10. The summed E-state index contributed by atoms with van der Waals surface area (Å²) in [7, 11) is 0. The van der Waals surface area contributed by atoms with Crippen LogP contribution in [0.15, 0.2) is 54.9 Å². The van der Waals surface area contributed by atoms with E-state index in [1.54, 1.807) is 12.1 Å². The van der Waals surface area contributed by atoms with Gasteiger partial charge in [0.25, 0.3) is 11.6 Å². The van der Waals surface area contributed by atoms with Crippen LogP contribution >= 0.6 is 0 Å². The van der Waals surface area contributed by atoms with Crippen molar-refractivity contribution >= 4 is 34.6 Å². The van der Waals surface area contributed by atoms with E-state index in [0.717, 1.165) is 11.9 Å². The number of nitro benzene ring substituents is 1.